The molecule has 1 aromatic heterocycles. The highest BCUT2D eigenvalue weighted by Crippen LogP contribution is 2.16. The molecule has 1 atom stereocenters. The van der Waals surface area contributed by atoms with Crippen molar-refractivity contribution < 1.29 is 14.6 Å². The molecule has 0 spiro atoms. The lowest BCUT2D eigenvalue weighted by Gasteiger charge is -2.32. The summed E-state index contributed by atoms with van der Waals surface area (Å²) in [5.41, 5.74) is 6.39. The maximum Gasteiger partial charge on any atom is 0.246 e. The maximum atomic E-state index is 12.1. The summed E-state index contributed by atoms with van der Waals surface area (Å²) in [6, 6.07) is 1.88. The average molecular weight is 333 g/mol. The van der Waals surface area contributed by atoms with Crippen molar-refractivity contribution in [1.29, 1.82) is 0 Å². The van der Waals surface area contributed by atoms with Crippen LogP contribution in [0.5, 0.6) is 0 Å². The number of halogens is 1. The van der Waals surface area contributed by atoms with Crippen LogP contribution in [0.3, 0.4) is 0 Å². The molecule has 1 aromatic rings. The molecule has 0 radical (unpaired) electrons. The summed E-state index contributed by atoms with van der Waals surface area (Å²) in [5, 5.41) is 10.9. The van der Waals surface area contributed by atoms with Crippen molar-refractivity contribution in [1.82, 2.24) is 4.90 Å². The van der Waals surface area contributed by atoms with Crippen LogP contribution in [0.2, 0.25) is 0 Å². The van der Waals surface area contributed by atoms with Crippen LogP contribution in [0.1, 0.15) is 16.9 Å². The number of morpholine rings is 1. The van der Waals surface area contributed by atoms with Gasteiger partial charge in [0.05, 0.1) is 19.3 Å². The molecule has 2 heterocycles. The first kappa shape index (κ1) is 18.1. The Balaban J connectivity index is 0.00000220. The Morgan fingerprint density at radius 1 is 1.62 bits per heavy atom. The molecule has 1 amide bonds. The van der Waals surface area contributed by atoms with Gasteiger partial charge in [-0.2, -0.15) is 0 Å². The van der Waals surface area contributed by atoms with Gasteiger partial charge in [-0.15, -0.1) is 23.7 Å². The van der Waals surface area contributed by atoms with Crippen LogP contribution in [0, 0.1) is 0 Å². The van der Waals surface area contributed by atoms with Crippen LogP contribution < -0.4 is 5.73 Å². The van der Waals surface area contributed by atoms with Gasteiger partial charge < -0.3 is 20.5 Å². The molecule has 1 saturated heterocycles. The van der Waals surface area contributed by atoms with Gasteiger partial charge in [-0.3, -0.25) is 4.79 Å². The molecule has 0 aliphatic carbocycles. The third kappa shape index (κ3) is 5.41. The molecule has 1 aliphatic heterocycles. The molecule has 1 aliphatic rings. The number of nitrogens with two attached hydrogens (primary N) is 1. The Labute approximate surface area is 134 Å². The Hall–Kier alpha value is -0.920. The smallest absolute Gasteiger partial charge is 0.246 e. The minimum Gasteiger partial charge on any atom is -0.392 e. The molecule has 1 unspecified atom stereocenters. The molecule has 3 N–H and O–H groups in total. The summed E-state index contributed by atoms with van der Waals surface area (Å²) >= 11 is 1.51. The fourth-order valence-corrected chi connectivity index (χ4v) is 2.90. The van der Waals surface area contributed by atoms with E-state index in [0.29, 0.717) is 26.2 Å². The van der Waals surface area contributed by atoms with Gasteiger partial charge in [0.1, 0.15) is 0 Å². The summed E-state index contributed by atoms with van der Waals surface area (Å²) < 4.78 is 5.56. The summed E-state index contributed by atoms with van der Waals surface area (Å²) in [4.78, 5) is 14.9. The highest BCUT2D eigenvalue weighted by molar-refractivity contribution is 7.11. The Kier molecular flexibility index (Phi) is 7.92. The second-order valence-electron chi connectivity index (χ2n) is 4.70. The largest absolute Gasteiger partial charge is 0.392 e. The number of nitrogens with zero attached hydrogens (tertiary/aromatic N) is 1. The van der Waals surface area contributed by atoms with Crippen molar-refractivity contribution in [2.75, 3.05) is 26.2 Å². The number of hydrogen-bond donors (Lipinski definition) is 2. The van der Waals surface area contributed by atoms with Gasteiger partial charge in [-0.1, -0.05) is 0 Å². The van der Waals surface area contributed by atoms with Crippen LogP contribution in [0.25, 0.3) is 6.08 Å². The molecule has 0 bridgehead atoms. The molecule has 1 fully saturated rings. The van der Waals surface area contributed by atoms with Gasteiger partial charge in [0.25, 0.3) is 0 Å². The number of carbonyl (C=O) groups is 1. The van der Waals surface area contributed by atoms with E-state index >= 15 is 0 Å². The lowest BCUT2D eigenvalue weighted by molar-refractivity contribution is -0.133. The van der Waals surface area contributed by atoms with E-state index in [-0.39, 0.29) is 31.0 Å². The summed E-state index contributed by atoms with van der Waals surface area (Å²) in [6.07, 6.45) is 4.20. The van der Waals surface area contributed by atoms with Crippen molar-refractivity contribution >= 4 is 35.7 Å². The molecule has 0 saturated carbocycles. The van der Waals surface area contributed by atoms with E-state index in [0.717, 1.165) is 16.9 Å². The van der Waals surface area contributed by atoms with Crippen LogP contribution in [0.15, 0.2) is 17.5 Å². The minimum atomic E-state index is -0.00531. The Bertz CT molecular complexity index is 477. The van der Waals surface area contributed by atoms with E-state index in [9.17, 15) is 4.79 Å². The Morgan fingerprint density at radius 3 is 3.10 bits per heavy atom. The zero-order chi connectivity index (χ0) is 14.4. The van der Waals surface area contributed by atoms with Gasteiger partial charge in [0, 0.05) is 24.0 Å². The predicted molar refractivity (Wildman–Crippen MR) is 86.5 cm³/mol. The maximum absolute atomic E-state index is 12.1. The van der Waals surface area contributed by atoms with E-state index < -0.39 is 0 Å². The number of hydrogen-bond acceptors (Lipinski definition) is 5. The van der Waals surface area contributed by atoms with Crippen molar-refractivity contribution in [2.24, 2.45) is 5.73 Å². The van der Waals surface area contributed by atoms with Gasteiger partial charge in [-0.25, -0.2) is 0 Å². The third-order valence-electron chi connectivity index (χ3n) is 3.19. The zero-order valence-electron chi connectivity index (χ0n) is 11.7. The standard InChI is InChI=1S/C14H20N2O3S.ClH/c15-4-3-12-8-16(5-6-19-12)14(18)2-1-13-7-11(9-17)10-20-13;/h1-2,7,10,12,17H,3-6,8-9,15H2;1H. The number of thiophene rings is 1. The van der Waals surface area contributed by atoms with E-state index in [1.54, 1.807) is 17.1 Å². The Morgan fingerprint density at radius 2 is 2.43 bits per heavy atom. The number of amides is 1. The molecular formula is C14H21ClN2O3S. The van der Waals surface area contributed by atoms with Crippen molar-refractivity contribution in [2.45, 2.75) is 19.1 Å². The van der Waals surface area contributed by atoms with Gasteiger partial charge in [-0.05, 0) is 36.1 Å². The molecule has 5 nitrogen and oxygen atoms in total. The van der Waals surface area contributed by atoms with Gasteiger partial charge in [0.2, 0.25) is 5.91 Å². The van der Waals surface area contributed by atoms with Gasteiger partial charge >= 0.3 is 0 Å². The first-order chi connectivity index (χ1) is 9.72. The molecule has 21 heavy (non-hydrogen) atoms. The van der Waals surface area contributed by atoms with E-state index in [1.165, 1.54) is 11.3 Å². The topological polar surface area (TPSA) is 75.8 Å². The quantitative estimate of drug-likeness (QED) is 0.796. The minimum absolute atomic E-state index is 0. The lowest BCUT2D eigenvalue weighted by atomic mass is 10.2. The normalized spacial score (nSPS) is 18.8. The second kappa shape index (κ2) is 9.17. The summed E-state index contributed by atoms with van der Waals surface area (Å²) in [7, 11) is 0. The fraction of sp³-hybridized carbons (Fsp3) is 0.500. The first-order valence-corrected chi connectivity index (χ1v) is 7.58. The number of ether oxygens (including phenoxy) is 1. The average Bonchev–Trinajstić information content (AvgIpc) is 2.93. The highest BCUT2D eigenvalue weighted by Gasteiger charge is 2.22. The second-order valence-corrected chi connectivity index (χ2v) is 5.65. The fourth-order valence-electron chi connectivity index (χ4n) is 2.10. The number of aliphatic hydroxyl groups is 1. The number of rotatable bonds is 5. The van der Waals surface area contributed by atoms with Crippen LogP contribution >= 0.6 is 23.7 Å². The molecule has 7 heteroatoms. The number of aliphatic hydroxyl groups excluding tert-OH is 1. The SMILES string of the molecule is Cl.NCCC1CN(C(=O)C=Cc2cc(CO)cs2)CCO1. The zero-order valence-corrected chi connectivity index (χ0v) is 13.4. The van der Waals surface area contributed by atoms with Crippen LogP contribution in [0.4, 0.5) is 0 Å². The first-order valence-electron chi connectivity index (χ1n) is 6.70. The lowest BCUT2D eigenvalue weighted by Crippen LogP contribution is -2.45. The summed E-state index contributed by atoms with van der Waals surface area (Å²) in [6.45, 7) is 2.39. The molecular weight excluding hydrogens is 312 g/mol. The molecule has 0 aromatic carbocycles. The van der Waals surface area contributed by atoms with E-state index in [4.69, 9.17) is 15.6 Å². The predicted octanol–water partition coefficient (Wildman–Crippen LogP) is 1.25. The van der Waals surface area contributed by atoms with Gasteiger partial charge in [0.15, 0.2) is 0 Å². The molecule has 118 valence electrons. The summed E-state index contributed by atoms with van der Waals surface area (Å²) in [5.74, 6) is -0.00531. The van der Waals surface area contributed by atoms with Crippen molar-refractivity contribution in [3.63, 3.8) is 0 Å². The third-order valence-corrected chi connectivity index (χ3v) is 4.13. The van der Waals surface area contributed by atoms with E-state index in [1.807, 2.05) is 11.4 Å². The monoisotopic (exact) mass is 332 g/mol. The molecule has 2 rings (SSSR count). The van der Waals surface area contributed by atoms with Crippen molar-refractivity contribution in [3.05, 3.63) is 28.0 Å². The number of carbonyl (C=O) groups excluding carboxylic acids is 1. The van der Waals surface area contributed by atoms with Crippen LogP contribution in [-0.2, 0) is 16.1 Å². The van der Waals surface area contributed by atoms with E-state index in [2.05, 4.69) is 0 Å². The van der Waals surface area contributed by atoms with Crippen molar-refractivity contribution in [3.8, 4) is 0 Å². The van der Waals surface area contributed by atoms with Crippen LogP contribution in [-0.4, -0.2) is 48.3 Å². The highest BCUT2D eigenvalue weighted by atomic mass is 35.5.